The van der Waals surface area contributed by atoms with Crippen molar-refractivity contribution in [3.63, 3.8) is 0 Å². The van der Waals surface area contributed by atoms with Gasteiger partial charge in [0, 0.05) is 10.6 Å². The molecule has 0 spiro atoms. The third-order valence-electron chi connectivity index (χ3n) is 5.77. The van der Waals surface area contributed by atoms with Gasteiger partial charge < -0.3 is 5.32 Å². The molecule has 1 aliphatic rings. The van der Waals surface area contributed by atoms with Crippen LogP contribution in [0.15, 0.2) is 35.4 Å². The summed E-state index contributed by atoms with van der Waals surface area (Å²) in [7, 11) is 0. The maximum absolute atomic E-state index is 13.3. The van der Waals surface area contributed by atoms with Crippen LogP contribution in [-0.2, 0) is 17.6 Å². The number of amides is 1. The standard InChI is InChI=1S/C23H27N3O2S/c1-4-18(21(27)25-17-11-7-5-9-15(17)14(2)3)26-13-24-22-20(23(26)28)16-10-6-8-12-19(16)29-22/h5,7,9,11,13-14,18H,4,6,8,10,12H2,1-3H3,(H,25,27). The fourth-order valence-corrected chi connectivity index (χ4v) is 5.44. The second-order valence-electron chi connectivity index (χ2n) is 8.00. The van der Waals surface area contributed by atoms with Crippen LogP contribution in [-0.4, -0.2) is 15.5 Å². The van der Waals surface area contributed by atoms with E-state index in [1.165, 1.54) is 15.9 Å². The fourth-order valence-electron chi connectivity index (χ4n) is 4.22. The highest BCUT2D eigenvalue weighted by molar-refractivity contribution is 7.18. The highest BCUT2D eigenvalue weighted by atomic mass is 32.1. The maximum Gasteiger partial charge on any atom is 0.263 e. The zero-order valence-electron chi connectivity index (χ0n) is 17.2. The molecule has 1 N–H and O–H groups in total. The minimum absolute atomic E-state index is 0.0893. The molecule has 1 aliphatic carbocycles. The monoisotopic (exact) mass is 409 g/mol. The minimum atomic E-state index is -0.584. The van der Waals surface area contributed by atoms with E-state index in [1.807, 2.05) is 31.2 Å². The molecule has 29 heavy (non-hydrogen) atoms. The van der Waals surface area contributed by atoms with Gasteiger partial charge in [-0.3, -0.25) is 14.2 Å². The van der Waals surface area contributed by atoms with E-state index in [2.05, 4.69) is 24.1 Å². The first kappa shape index (κ1) is 19.8. The van der Waals surface area contributed by atoms with E-state index >= 15 is 0 Å². The number of anilines is 1. The van der Waals surface area contributed by atoms with Crippen LogP contribution in [0.3, 0.4) is 0 Å². The number of aromatic nitrogens is 2. The third kappa shape index (κ3) is 3.62. The van der Waals surface area contributed by atoms with Crippen LogP contribution in [0, 0.1) is 0 Å². The largest absolute Gasteiger partial charge is 0.324 e. The topological polar surface area (TPSA) is 64.0 Å². The van der Waals surface area contributed by atoms with Crippen LogP contribution in [0.5, 0.6) is 0 Å². The molecule has 0 bridgehead atoms. The van der Waals surface area contributed by atoms with Gasteiger partial charge in [-0.2, -0.15) is 0 Å². The molecule has 1 amide bonds. The Balaban J connectivity index is 1.71. The fraction of sp³-hybridized carbons (Fsp3) is 0.435. The summed E-state index contributed by atoms with van der Waals surface area (Å²) < 4.78 is 1.53. The van der Waals surface area contributed by atoms with Gasteiger partial charge in [0.15, 0.2) is 0 Å². The Bertz CT molecular complexity index is 1110. The second-order valence-corrected chi connectivity index (χ2v) is 9.09. The first-order valence-electron chi connectivity index (χ1n) is 10.4. The van der Waals surface area contributed by atoms with E-state index in [1.54, 1.807) is 17.7 Å². The Kier molecular flexibility index (Phi) is 5.54. The van der Waals surface area contributed by atoms with Crippen molar-refractivity contribution in [1.82, 2.24) is 9.55 Å². The molecule has 0 saturated heterocycles. The number of hydrogen-bond donors (Lipinski definition) is 1. The van der Waals surface area contributed by atoms with E-state index in [0.29, 0.717) is 12.3 Å². The first-order chi connectivity index (χ1) is 14.0. The number of carbonyl (C=O) groups excluding carboxylic acids is 1. The lowest BCUT2D eigenvalue weighted by Gasteiger charge is -2.20. The van der Waals surface area contributed by atoms with Gasteiger partial charge in [-0.25, -0.2) is 4.98 Å². The van der Waals surface area contributed by atoms with Gasteiger partial charge in [0.05, 0.1) is 11.7 Å². The molecule has 0 radical (unpaired) electrons. The molecule has 1 unspecified atom stereocenters. The molecule has 3 aromatic rings. The Hall–Kier alpha value is -2.47. The third-order valence-corrected chi connectivity index (χ3v) is 6.97. The average molecular weight is 410 g/mol. The average Bonchev–Trinajstić information content (AvgIpc) is 3.10. The summed E-state index contributed by atoms with van der Waals surface area (Å²) in [5.74, 6) is 0.123. The van der Waals surface area contributed by atoms with Crippen molar-refractivity contribution in [2.45, 2.75) is 64.8 Å². The number of nitrogens with zero attached hydrogens (tertiary/aromatic N) is 2. The molecule has 5 nitrogen and oxygen atoms in total. The summed E-state index contributed by atoms with van der Waals surface area (Å²) >= 11 is 1.63. The van der Waals surface area contributed by atoms with E-state index in [9.17, 15) is 9.59 Å². The van der Waals surface area contributed by atoms with E-state index in [0.717, 1.165) is 46.3 Å². The number of thiophene rings is 1. The zero-order chi connectivity index (χ0) is 20.5. The molecule has 4 rings (SSSR count). The summed E-state index contributed by atoms with van der Waals surface area (Å²) in [5.41, 5.74) is 2.96. The number of para-hydroxylation sites is 1. The van der Waals surface area contributed by atoms with E-state index in [4.69, 9.17) is 0 Å². The highest BCUT2D eigenvalue weighted by Gasteiger charge is 2.25. The van der Waals surface area contributed by atoms with Crippen molar-refractivity contribution in [3.05, 3.63) is 57.0 Å². The summed E-state index contributed by atoms with van der Waals surface area (Å²) in [6.45, 7) is 6.13. The summed E-state index contributed by atoms with van der Waals surface area (Å²) in [6.07, 6.45) is 6.31. The number of carbonyl (C=O) groups is 1. The first-order valence-corrected chi connectivity index (χ1v) is 11.2. The van der Waals surface area contributed by atoms with Crippen molar-refractivity contribution in [3.8, 4) is 0 Å². The normalized spacial score (nSPS) is 14.8. The Labute approximate surface area is 174 Å². The van der Waals surface area contributed by atoms with Gasteiger partial charge in [0.25, 0.3) is 5.56 Å². The van der Waals surface area contributed by atoms with E-state index in [-0.39, 0.29) is 11.5 Å². The van der Waals surface area contributed by atoms with Crippen LogP contribution in [0.1, 0.15) is 68.0 Å². The van der Waals surface area contributed by atoms with Crippen molar-refractivity contribution < 1.29 is 4.79 Å². The van der Waals surface area contributed by atoms with Crippen LogP contribution in [0.2, 0.25) is 0 Å². The number of benzene rings is 1. The molecule has 2 aromatic heterocycles. The highest BCUT2D eigenvalue weighted by Crippen LogP contribution is 2.33. The Morgan fingerprint density at radius 3 is 2.76 bits per heavy atom. The number of rotatable bonds is 5. The lowest BCUT2D eigenvalue weighted by molar-refractivity contribution is -0.119. The molecular formula is C23H27N3O2S. The number of aryl methyl sites for hydroxylation is 2. The summed E-state index contributed by atoms with van der Waals surface area (Å²) in [4.78, 5) is 33.1. The molecule has 0 aliphatic heterocycles. The smallest absolute Gasteiger partial charge is 0.263 e. The summed E-state index contributed by atoms with van der Waals surface area (Å²) in [6, 6.07) is 7.25. The van der Waals surface area contributed by atoms with Gasteiger partial charge in [0.2, 0.25) is 5.91 Å². The predicted molar refractivity (Wildman–Crippen MR) is 119 cm³/mol. The molecule has 1 atom stereocenters. The SMILES string of the molecule is CCC(C(=O)Nc1ccccc1C(C)C)n1cnc2sc3c(c2c1=O)CCCC3. The van der Waals surface area contributed by atoms with Gasteiger partial charge in [-0.05, 0) is 55.2 Å². The van der Waals surface area contributed by atoms with Crippen molar-refractivity contribution in [2.75, 3.05) is 5.32 Å². The number of nitrogens with one attached hydrogen (secondary N) is 1. The van der Waals surface area contributed by atoms with Gasteiger partial charge in [0.1, 0.15) is 10.9 Å². The zero-order valence-corrected chi connectivity index (χ0v) is 18.0. The van der Waals surface area contributed by atoms with Crippen LogP contribution >= 0.6 is 11.3 Å². The molecule has 0 saturated carbocycles. The van der Waals surface area contributed by atoms with Crippen LogP contribution < -0.4 is 10.9 Å². The van der Waals surface area contributed by atoms with Crippen LogP contribution in [0.25, 0.3) is 10.2 Å². The lowest BCUT2D eigenvalue weighted by atomic mass is 9.97. The number of fused-ring (bicyclic) bond motifs is 3. The molecule has 2 heterocycles. The Morgan fingerprint density at radius 2 is 2.00 bits per heavy atom. The second kappa shape index (κ2) is 8.11. The Morgan fingerprint density at radius 1 is 1.24 bits per heavy atom. The lowest BCUT2D eigenvalue weighted by Crippen LogP contribution is -2.33. The maximum atomic E-state index is 13.3. The van der Waals surface area contributed by atoms with Crippen molar-refractivity contribution in [2.24, 2.45) is 0 Å². The molecule has 152 valence electrons. The number of hydrogen-bond acceptors (Lipinski definition) is 4. The van der Waals surface area contributed by atoms with Gasteiger partial charge >= 0.3 is 0 Å². The van der Waals surface area contributed by atoms with E-state index < -0.39 is 6.04 Å². The minimum Gasteiger partial charge on any atom is -0.324 e. The van der Waals surface area contributed by atoms with Gasteiger partial charge in [-0.15, -0.1) is 11.3 Å². The molecule has 1 aromatic carbocycles. The quantitative estimate of drug-likeness (QED) is 0.641. The van der Waals surface area contributed by atoms with Crippen LogP contribution in [0.4, 0.5) is 5.69 Å². The molecule has 6 heteroatoms. The van der Waals surface area contributed by atoms with Crippen molar-refractivity contribution >= 4 is 33.1 Å². The van der Waals surface area contributed by atoms with Gasteiger partial charge in [-0.1, -0.05) is 39.0 Å². The molecular weight excluding hydrogens is 382 g/mol. The van der Waals surface area contributed by atoms with Crippen molar-refractivity contribution in [1.29, 1.82) is 0 Å². The summed E-state index contributed by atoms with van der Waals surface area (Å²) in [5, 5.41) is 3.77. The molecule has 0 fully saturated rings. The predicted octanol–water partition coefficient (Wildman–Crippen LogP) is 5.05.